The van der Waals surface area contributed by atoms with Crippen molar-refractivity contribution in [1.29, 1.82) is 0 Å². The fourth-order valence-corrected chi connectivity index (χ4v) is 3.85. The summed E-state index contributed by atoms with van der Waals surface area (Å²) >= 11 is 0. The molecular formula is C18H36N2O. The number of hydrogen-bond donors (Lipinski definition) is 1. The fraction of sp³-hybridized carbons (Fsp3) is 1.00. The van der Waals surface area contributed by atoms with Crippen molar-refractivity contribution in [1.82, 2.24) is 10.2 Å². The minimum Gasteiger partial charge on any atom is -0.381 e. The van der Waals surface area contributed by atoms with Gasteiger partial charge in [-0.15, -0.1) is 0 Å². The van der Waals surface area contributed by atoms with Crippen LogP contribution in [-0.2, 0) is 4.74 Å². The summed E-state index contributed by atoms with van der Waals surface area (Å²) in [5, 5.41) is 3.72. The average Bonchev–Trinajstić information content (AvgIpc) is 2.88. The van der Waals surface area contributed by atoms with Gasteiger partial charge in [-0.05, 0) is 55.5 Å². The Morgan fingerprint density at radius 2 is 1.90 bits per heavy atom. The summed E-state index contributed by atoms with van der Waals surface area (Å²) in [6.07, 6.45) is 3.84. The minimum absolute atomic E-state index is 0.443. The number of ether oxygens (including phenoxy) is 1. The first kappa shape index (κ1) is 17.2. The third kappa shape index (κ3) is 5.22. The summed E-state index contributed by atoms with van der Waals surface area (Å²) in [5.74, 6) is 2.48. The highest BCUT2D eigenvalue weighted by atomic mass is 16.5. The summed E-state index contributed by atoms with van der Waals surface area (Å²) in [5.41, 5.74) is 0.443. The topological polar surface area (TPSA) is 24.5 Å². The second kappa shape index (κ2) is 7.94. The predicted octanol–water partition coefficient (Wildman–Crippen LogP) is 3.01. The maximum atomic E-state index is 5.63. The number of likely N-dealkylation sites (tertiary alicyclic amines) is 1. The highest BCUT2D eigenvalue weighted by Gasteiger charge is 2.36. The zero-order valence-electron chi connectivity index (χ0n) is 14.7. The van der Waals surface area contributed by atoms with Gasteiger partial charge in [0.1, 0.15) is 0 Å². The zero-order chi connectivity index (χ0) is 15.3. The molecule has 0 aliphatic carbocycles. The number of nitrogens with zero attached hydrogens (tertiary/aromatic N) is 1. The maximum Gasteiger partial charge on any atom is 0.0472 e. The van der Waals surface area contributed by atoms with Crippen LogP contribution in [0.15, 0.2) is 0 Å². The molecular weight excluding hydrogens is 260 g/mol. The molecule has 0 amide bonds. The number of rotatable bonds is 7. The molecule has 0 aromatic carbocycles. The molecule has 2 aliphatic rings. The first-order valence-corrected chi connectivity index (χ1v) is 9.01. The Labute approximate surface area is 131 Å². The third-order valence-corrected chi connectivity index (χ3v) is 5.42. The zero-order valence-corrected chi connectivity index (χ0v) is 14.7. The molecule has 2 heterocycles. The molecule has 1 atom stereocenters. The first-order valence-electron chi connectivity index (χ1n) is 9.01. The van der Waals surface area contributed by atoms with Gasteiger partial charge in [0.15, 0.2) is 0 Å². The number of nitrogens with one attached hydrogen (secondary N) is 1. The summed E-state index contributed by atoms with van der Waals surface area (Å²) in [7, 11) is 0. The molecule has 2 fully saturated rings. The lowest BCUT2D eigenvalue weighted by molar-refractivity contribution is -0.00189. The Morgan fingerprint density at radius 1 is 1.19 bits per heavy atom. The van der Waals surface area contributed by atoms with E-state index in [0.29, 0.717) is 5.41 Å². The van der Waals surface area contributed by atoms with Crippen LogP contribution >= 0.6 is 0 Å². The van der Waals surface area contributed by atoms with Crippen LogP contribution in [0.5, 0.6) is 0 Å². The van der Waals surface area contributed by atoms with Gasteiger partial charge in [0.25, 0.3) is 0 Å². The van der Waals surface area contributed by atoms with Gasteiger partial charge in [-0.2, -0.15) is 0 Å². The van der Waals surface area contributed by atoms with E-state index in [-0.39, 0.29) is 0 Å². The molecule has 2 saturated heterocycles. The van der Waals surface area contributed by atoms with Crippen LogP contribution in [0.2, 0.25) is 0 Å². The van der Waals surface area contributed by atoms with Gasteiger partial charge in [-0.1, -0.05) is 27.7 Å². The van der Waals surface area contributed by atoms with Crippen LogP contribution in [-0.4, -0.2) is 50.8 Å². The highest BCUT2D eigenvalue weighted by Crippen LogP contribution is 2.34. The average molecular weight is 296 g/mol. The van der Waals surface area contributed by atoms with Gasteiger partial charge in [0.2, 0.25) is 0 Å². The maximum absolute atomic E-state index is 5.63. The molecule has 21 heavy (non-hydrogen) atoms. The minimum atomic E-state index is 0.443. The molecule has 2 aliphatic heterocycles. The molecule has 124 valence electrons. The lowest BCUT2D eigenvalue weighted by Crippen LogP contribution is -2.47. The van der Waals surface area contributed by atoms with Gasteiger partial charge in [0, 0.05) is 32.8 Å². The van der Waals surface area contributed by atoms with E-state index >= 15 is 0 Å². The molecule has 1 unspecified atom stereocenters. The van der Waals surface area contributed by atoms with Crippen molar-refractivity contribution in [2.24, 2.45) is 23.2 Å². The SMILES string of the molecule is CC(C)CNCC1(CN2CCC(C(C)C)C2)CCOCC1. The van der Waals surface area contributed by atoms with E-state index in [1.165, 1.54) is 38.9 Å². The van der Waals surface area contributed by atoms with E-state index < -0.39 is 0 Å². The standard InChI is InChI=1S/C18H36N2O/c1-15(2)11-19-13-18(6-9-21-10-7-18)14-20-8-5-17(12-20)16(3)4/h15-17,19H,5-14H2,1-4H3. The van der Waals surface area contributed by atoms with Crippen molar-refractivity contribution in [3.63, 3.8) is 0 Å². The van der Waals surface area contributed by atoms with Crippen LogP contribution < -0.4 is 5.32 Å². The molecule has 1 N–H and O–H groups in total. The van der Waals surface area contributed by atoms with Crippen molar-refractivity contribution in [3.05, 3.63) is 0 Å². The van der Waals surface area contributed by atoms with Gasteiger partial charge in [-0.25, -0.2) is 0 Å². The van der Waals surface area contributed by atoms with Crippen molar-refractivity contribution in [2.75, 3.05) is 45.9 Å². The molecule has 3 nitrogen and oxygen atoms in total. The molecule has 0 aromatic rings. The Hall–Kier alpha value is -0.120. The van der Waals surface area contributed by atoms with Gasteiger partial charge < -0.3 is 15.0 Å². The Balaban J connectivity index is 1.87. The largest absolute Gasteiger partial charge is 0.381 e. The molecule has 0 aromatic heterocycles. The summed E-state index contributed by atoms with van der Waals surface area (Å²) in [4.78, 5) is 2.73. The van der Waals surface area contributed by atoms with E-state index in [1.54, 1.807) is 0 Å². The van der Waals surface area contributed by atoms with Crippen LogP contribution in [0.25, 0.3) is 0 Å². The first-order chi connectivity index (χ1) is 10.0. The summed E-state index contributed by atoms with van der Waals surface area (Å²) in [6, 6.07) is 0. The van der Waals surface area contributed by atoms with Gasteiger partial charge >= 0.3 is 0 Å². The molecule has 2 rings (SSSR count). The monoisotopic (exact) mass is 296 g/mol. The van der Waals surface area contributed by atoms with Crippen LogP contribution in [0.1, 0.15) is 47.0 Å². The second-order valence-electron chi connectivity index (χ2n) is 8.17. The van der Waals surface area contributed by atoms with Crippen LogP contribution in [0.4, 0.5) is 0 Å². The van der Waals surface area contributed by atoms with Crippen LogP contribution in [0.3, 0.4) is 0 Å². The van der Waals surface area contributed by atoms with Crippen LogP contribution in [0, 0.1) is 23.2 Å². The summed E-state index contributed by atoms with van der Waals surface area (Å²) in [6.45, 7) is 17.4. The van der Waals surface area contributed by atoms with E-state index in [4.69, 9.17) is 4.74 Å². The fourth-order valence-electron chi connectivity index (χ4n) is 3.85. The quantitative estimate of drug-likeness (QED) is 0.781. The summed E-state index contributed by atoms with van der Waals surface area (Å²) < 4.78 is 5.63. The van der Waals surface area contributed by atoms with Crippen molar-refractivity contribution in [2.45, 2.75) is 47.0 Å². The van der Waals surface area contributed by atoms with Gasteiger partial charge in [0.05, 0.1) is 0 Å². The van der Waals surface area contributed by atoms with Crippen molar-refractivity contribution in [3.8, 4) is 0 Å². The van der Waals surface area contributed by atoms with Crippen molar-refractivity contribution < 1.29 is 4.74 Å². The molecule has 0 saturated carbocycles. The lowest BCUT2D eigenvalue weighted by Gasteiger charge is -2.40. The molecule has 0 spiro atoms. The Kier molecular flexibility index (Phi) is 6.51. The van der Waals surface area contributed by atoms with E-state index in [2.05, 4.69) is 37.9 Å². The van der Waals surface area contributed by atoms with E-state index in [9.17, 15) is 0 Å². The van der Waals surface area contributed by atoms with Gasteiger partial charge in [-0.3, -0.25) is 0 Å². The Bertz CT molecular complexity index is 298. The Morgan fingerprint density at radius 3 is 2.48 bits per heavy atom. The smallest absolute Gasteiger partial charge is 0.0472 e. The highest BCUT2D eigenvalue weighted by molar-refractivity contribution is 4.90. The molecule has 3 heteroatoms. The van der Waals surface area contributed by atoms with Crippen molar-refractivity contribution >= 4 is 0 Å². The predicted molar refractivity (Wildman–Crippen MR) is 89.6 cm³/mol. The molecule has 0 bridgehead atoms. The van der Waals surface area contributed by atoms with E-state index in [1.807, 2.05) is 0 Å². The number of hydrogen-bond acceptors (Lipinski definition) is 3. The second-order valence-corrected chi connectivity index (χ2v) is 8.17. The molecule has 0 radical (unpaired) electrons. The normalized spacial score (nSPS) is 26.9. The third-order valence-electron chi connectivity index (χ3n) is 5.42. The lowest BCUT2D eigenvalue weighted by atomic mass is 9.79. The van der Waals surface area contributed by atoms with E-state index in [0.717, 1.165) is 44.1 Å².